The maximum atomic E-state index is 8.81. The Morgan fingerprint density at radius 1 is 1.62 bits per heavy atom. The molecule has 0 aliphatic heterocycles. The van der Waals surface area contributed by atoms with E-state index in [9.17, 15) is 0 Å². The first-order chi connectivity index (χ1) is 3.55. The Kier molecular flexibility index (Phi) is 2.94. The smallest absolute Gasteiger partial charge is 0.106 e. The zero-order chi connectivity index (χ0) is 6.73. The summed E-state index contributed by atoms with van der Waals surface area (Å²) in [7, 11) is 3.63. The van der Waals surface area contributed by atoms with E-state index < -0.39 is 6.10 Å². The quantitative estimate of drug-likeness (QED) is 0.519. The van der Waals surface area contributed by atoms with Gasteiger partial charge in [0.05, 0.1) is 0 Å². The van der Waals surface area contributed by atoms with Crippen molar-refractivity contribution in [2.75, 3.05) is 14.1 Å². The average molecular weight is 133 g/mol. The summed E-state index contributed by atoms with van der Waals surface area (Å²) in [6.45, 7) is 1.66. The zero-order valence-corrected chi connectivity index (χ0v) is 6.20. The molecule has 0 aromatic heterocycles. The van der Waals surface area contributed by atoms with Crippen LogP contribution in [0.1, 0.15) is 6.92 Å². The first-order valence-electron chi connectivity index (χ1n) is 2.45. The topological polar surface area (TPSA) is 23.5 Å². The van der Waals surface area contributed by atoms with E-state index in [4.69, 9.17) is 17.3 Å². The number of nitrogens with zero attached hydrogens (tertiary/aromatic N) is 1. The van der Waals surface area contributed by atoms with E-state index in [1.54, 1.807) is 11.8 Å². The molecule has 0 radical (unpaired) electrons. The molecule has 0 rings (SSSR count). The zero-order valence-electron chi connectivity index (χ0n) is 5.38. The second kappa shape index (κ2) is 2.99. The fraction of sp³-hybridized carbons (Fsp3) is 0.800. The lowest BCUT2D eigenvalue weighted by Crippen LogP contribution is -2.29. The minimum absolute atomic E-state index is 0.500. The third-order valence-electron chi connectivity index (χ3n) is 0.798. The number of rotatable bonds is 1. The minimum atomic E-state index is -0.500. The average Bonchev–Trinajstić information content (AvgIpc) is 1.64. The van der Waals surface area contributed by atoms with Crippen molar-refractivity contribution in [2.24, 2.45) is 0 Å². The summed E-state index contributed by atoms with van der Waals surface area (Å²) in [6, 6.07) is 0. The molecule has 1 N–H and O–H groups in total. The van der Waals surface area contributed by atoms with Crippen LogP contribution in [0.25, 0.3) is 0 Å². The first-order valence-corrected chi connectivity index (χ1v) is 2.85. The second-order valence-electron chi connectivity index (χ2n) is 1.91. The second-order valence-corrected chi connectivity index (χ2v) is 2.33. The molecule has 1 unspecified atom stereocenters. The Labute approximate surface area is 55.1 Å². The van der Waals surface area contributed by atoms with Crippen molar-refractivity contribution in [3.8, 4) is 0 Å². The number of hydrogen-bond acceptors (Lipinski definition) is 2. The van der Waals surface area contributed by atoms with Crippen LogP contribution in [0.4, 0.5) is 0 Å². The highest BCUT2D eigenvalue weighted by atomic mass is 32.1. The summed E-state index contributed by atoms with van der Waals surface area (Å²) in [6.07, 6.45) is -0.500. The Morgan fingerprint density at radius 2 is 2.00 bits per heavy atom. The van der Waals surface area contributed by atoms with Gasteiger partial charge in [-0.25, -0.2) is 0 Å². The van der Waals surface area contributed by atoms with E-state index in [1.165, 1.54) is 0 Å². The molecule has 2 nitrogen and oxygen atoms in total. The number of hydrogen-bond donors (Lipinski definition) is 1. The fourth-order valence-electron chi connectivity index (χ4n) is 0.374. The minimum Gasteiger partial charge on any atom is -0.386 e. The van der Waals surface area contributed by atoms with Crippen molar-refractivity contribution >= 4 is 17.2 Å². The largest absolute Gasteiger partial charge is 0.386 e. The Morgan fingerprint density at radius 3 is 2.00 bits per heavy atom. The predicted molar refractivity (Wildman–Crippen MR) is 38.0 cm³/mol. The van der Waals surface area contributed by atoms with Gasteiger partial charge in [-0.1, -0.05) is 12.2 Å². The van der Waals surface area contributed by atoms with Gasteiger partial charge in [-0.2, -0.15) is 0 Å². The maximum Gasteiger partial charge on any atom is 0.106 e. The highest BCUT2D eigenvalue weighted by Crippen LogP contribution is 1.89. The fourth-order valence-corrected chi connectivity index (χ4v) is 0.374. The van der Waals surface area contributed by atoms with Crippen LogP contribution in [-0.4, -0.2) is 35.2 Å². The highest BCUT2D eigenvalue weighted by molar-refractivity contribution is 7.80. The molecule has 0 aromatic rings. The molecule has 0 saturated heterocycles. The first kappa shape index (κ1) is 7.85. The van der Waals surface area contributed by atoms with Crippen LogP contribution in [0, 0.1) is 0 Å². The van der Waals surface area contributed by atoms with Gasteiger partial charge in [0.1, 0.15) is 11.1 Å². The maximum absolute atomic E-state index is 8.81. The summed E-state index contributed by atoms with van der Waals surface area (Å²) in [5.41, 5.74) is 0. The van der Waals surface area contributed by atoms with Crippen LogP contribution in [0.5, 0.6) is 0 Å². The molecule has 0 amide bonds. The Hall–Kier alpha value is -0.150. The molecule has 0 aliphatic rings. The van der Waals surface area contributed by atoms with E-state index >= 15 is 0 Å². The molecule has 0 aromatic carbocycles. The van der Waals surface area contributed by atoms with Gasteiger partial charge in [0.15, 0.2) is 0 Å². The van der Waals surface area contributed by atoms with Gasteiger partial charge in [-0.3, -0.25) is 0 Å². The number of likely N-dealkylation sites (N-methyl/N-ethyl adjacent to an activating group) is 1. The van der Waals surface area contributed by atoms with E-state index in [-0.39, 0.29) is 0 Å². The van der Waals surface area contributed by atoms with E-state index in [0.717, 1.165) is 0 Å². The molecule has 0 spiro atoms. The molecular weight excluding hydrogens is 122 g/mol. The summed E-state index contributed by atoms with van der Waals surface area (Å²) < 4.78 is 0. The van der Waals surface area contributed by atoms with Gasteiger partial charge in [0.2, 0.25) is 0 Å². The normalized spacial score (nSPS) is 13.0. The standard InChI is InChI=1S/C5H11NOS/c1-4(7)5(8)6(2)3/h4,7H,1-3H3. The summed E-state index contributed by atoms with van der Waals surface area (Å²) in [4.78, 5) is 2.30. The van der Waals surface area contributed by atoms with E-state index in [0.29, 0.717) is 4.99 Å². The number of thiocarbonyl (C=S) groups is 1. The van der Waals surface area contributed by atoms with E-state index in [1.807, 2.05) is 14.1 Å². The van der Waals surface area contributed by atoms with Crippen molar-refractivity contribution < 1.29 is 5.11 Å². The third kappa shape index (κ3) is 2.23. The molecule has 3 heteroatoms. The van der Waals surface area contributed by atoms with Crippen LogP contribution in [-0.2, 0) is 0 Å². The third-order valence-corrected chi connectivity index (χ3v) is 1.50. The summed E-state index contributed by atoms with van der Waals surface area (Å²) >= 11 is 4.78. The van der Waals surface area contributed by atoms with Gasteiger partial charge in [-0.05, 0) is 6.92 Å². The van der Waals surface area contributed by atoms with Crippen molar-refractivity contribution in [1.29, 1.82) is 0 Å². The van der Waals surface area contributed by atoms with Crippen molar-refractivity contribution in [2.45, 2.75) is 13.0 Å². The lowest BCUT2D eigenvalue weighted by atomic mass is 10.4. The lowest BCUT2D eigenvalue weighted by Gasteiger charge is -2.14. The Bertz CT molecular complexity index is 80.4. The molecule has 48 valence electrons. The van der Waals surface area contributed by atoms with Crippen molar-refractivity contribution in [3.05, 3.63) is 0 Å². The van der Waals surface area contributed by atoms with E-state index in [2.05, 4.69) is 0 Å². The van der Waals surface area contributed by atoms with Gasteiger partial charge in [0.25, 0.3) is 0 Å². The van der Waals surface area contributed by atoms with Gasteiger partial charge >= 0.3 is 0 Å². The molecule has 1 atom stereocenters. The molecule has 0 heterocycles. The van der Waals surface area contributed by atoms with Crippen LogP contribution in [0.3, 0.4) is 0 Å². The molecular formula is C5H11NOS. The van der Waals surface area contributed by atoms with Crippen LogP contribution in [0.15, 0.2) is 0 Å². The predicted octanol–water partition coefficient (Wildman–Crippen LogP) is 0.256. The van der Waals surface area contributed by atoms with Gasteiger partial charge < -0.3 is 10.0 Å². The Balaban J connectivity index is 3.65. The number of aliphatic hydroxyl groups is 1. The monoisotopic (exact) mass is 133 g/mol. The highest BCUT2D eigenvalue weighted by Gasteiger charge is 2.03. The molecule has 0 saturated carbocycles. The van der Waals surface area contributed by atoms with Crippen molar-refractivity contribution in [1.82, 2.24) is 4.90 Å². The molecule has 0 fully saturated rings. The summed E-state index contributed by atoms with van der Waals surface area (Å²) in [5, 5.41) is 8.81. The van der Waals surface area contributed by atoms with Crippen LogP contribution < -0.4 is 0 Å². The molecule has 8 heavy (non-hydrogen) atoms. The summed E-state index contributed by atoms with van der Waals surface area (Å²) in [5.74, 6) is 0. The SMILES string of the molecule is CC(O)C(=S)N(C)C. The van der Waals surface area contributed by atoms with Crippen LogP contribution >= 0.6 is 12.2 Å². The van der Waals surface area contributed by atoms with Crippen LogP contribution in [0.2, 0.25) is 0 Å². The van der Waals surface area contributed by atoms with Crippen molar-refractivity contribution in [3.63, 3.8) is 0 Å². The molecule has 0 aliphatic carbocycles. The molecule has 0 bridgehead atoms. The number of aliphatic hydroxyl groups excluding tert-OH is 1. The van der Waals surface area contributed by atoms with Gasteiger partial charge in [-0.15, -0.1) is 0 Å². The van der Waals surface area contributed by atoms with Gasteiger partial charge in [0, 0.05) is 14.1 Å². The lowest BCUT2D eigenvalue weighted by molar-refractivity contribution is 0.251.